The van der Waals surface area contributed by atoms with Gasteiger partial charge in [-0.15, -0.1) is 0 Å². The molecule has 3 aromatic carbocycles. The lowest BCUT2D eigenvalue weighted by molar-refractivity contribution is -0.140. The number of nitrogens with one attached hydrogen (secondary N) is 1. The van der Waals surface area contributed by atoms with Crippen LogP contribution < -0.4 is 9.62 Å². The molecule has 2 amide bonds. The molecule has 3 rings (SSSR count). The summed E-state index contributed by atoms with van der Waals surface area (Å²) in [6, 6.07) is 14.6. The molecule has 1 unspecified atom stereocenters. The molecule has 232 valence electrons. The fourth-order valence-corrected chi connectivity index (χ4v) is 5.66. The molecule has 0 aliphatic carbocycles. The maximum absolute atomic E-state index is 14.0. The second-order valence-electron chi connectivity index (χ2n) is 10.1. The van der Waals surface area contributed by atoms with Crippen LogP contribution in [0.5, 0.6) is 0 Å². The monoisotopic (exact) mass is 677 g/mol. The molecule has 0 saturated carbocycles. The Morgan fingerprint density at radius 2 is 1.51 bits per heavy atom. The number of hydrogen-bond acceptors (Lipinski definition) is 4. The van der Waals surface area contributed by atoms with Gasteiger partial charge in [0.1, 0.15) is 12.6 Å². The zero-order valence-corrected chi connectivity index (χ0v) is 26.4. The molecular weight excluding hydrogens is 650 g/mol. The number of sulfonamides is 1. The van der Waals surface area contributed by atoms with Gasteiger partial charge in [-0.3, -0.25) is 13.9 Å². The highest BCUT2D eigenvalue weighted by atomic mass is 35.5. The summed E-state index contributed by atoms with van der Waals surface area (Å²) < 4.78 is 67.0. The summed E-state index contributed by atoms with van der Waals surface area (Å²) in [4.78, 5) is 28.8. The number of amides is 2. The van der Waals surface area contributed by atoms with Crippen LogP contribution in [-0.2, 0) is 38.8 Å². The Kier molecular flexibility index (Phi) is 11.4. The van der Waals surface area contributed by atoms with Crippen molar-refractivity contribution in [2.45, 2.75) is 45.1 Å². The van der Waals surface area contributed by atoms with E-state index in [2.05, 4.69) is 5.32 Å². The maximum Gasteiger partial charge on any atom is 0.417 e. The molecular formula is C29H29Cl3F3N3O4S. The fraction of sp³-hybridized carbons (Fsp3) is 0.310. The van der Waals surface area contributed by atoms with Crippen LogP contribution in [-0.4, -0.2) is 50.0 Å². The fourth-order valence-electron chi connectivity index (χ4n) is 4.27. The molecule has 0 aliphatic rings. The lowest BCUT2D eigenvalue weighted by Crippen LogP contribution is -2.54. The minimum Gasteiger partial charge on any atom is -0.352 e. The van der Waals surface area contributed by atoms with Crippen LogP contribution in [0.15, 0.2) is 66.7 Å². The minimum atomic E-state index is -4.88. The number of hydrogen-bond donors (Lipinski definition) is 1. The van der Waals surface area contributed by atoms with E-state index in [1.165, 1.54) is 17.0 Å². The molecule has 7 nitrogen and oxygen atoms in total. The Bertz CT molecular complexity index is 1570. The van der Waals surface area contributed by atoms with Crippen LogP contribution in [0.1, 0.15) is 30.5 Å². The van der Waals surface area contributed by atoms with Gasteiger partial charge in [-0.1, -0.05) is 71.2 Å². The summed E-state index contributed by atoms with van der Waals surface area (Å²) in [5, 5.41) is 2.61. The van der Waals surface area contributed by atoms with Gasteiger partial charge < -0.3 is 10.2 Å². The molecule has 0 aromatic heterocycles. The third kappa shape index (κ3) is 9.50. The van der Waals surface area contributed by atoms with Gasteiger partial charge in [0.05, 0.1) is 32.6 Å². The average molecular weight is 679 g/mol. The molecule has 0 fully saturated rings. The van der Waals surface area contributed by atoms with Crippen LogP contribution in [0.25, 0.3) is 0 Å². The SMILES string of the molecule is CC(C)NC(=O)C(Cc1ccccc1)N(Cc1ccc(Cl)c(Cl)c1)C(=O)CN(c1ccc(Cl)c(C(F)(F)F)c1)S(C)(=O)=O. The second-order valence-corrected chi connectivity index (χ2v) is 13.2. The molecule has 43 heavy (non-hydrogen) atoms. The van der Waals surface area contributed by atoms with Crippen LogP contribution in [0.4, 0.5) is 18.9 Å². The van der Waals surface area contributed by atoms with Gasteiger partial charge in [0.2, 0.25) is 21.8 Å². The van der Waals surface area contributed by atoms with Crippen molar-refractivity contribution in [2.24, 2.45) is 0 Å². The van der Waals surface area contributed by atoms with Gasteiger partial charge in [0.25, 0.3) is 0 Å². The predicted molar refractivity (Wildman–Crippen MR) is 163 cm³/mol. The van der Waals surface area contributed by atoms with Crippen molar-refractivity contribution in [3.8, 4) is 0 Å². The Morgan fingerprint density at radius 1 is 0.884 bits per heavy atom. The topological polar surface area (TPSA) is 86.8 Å². The smallest absolute Gasteiger partial charge is 0.352 e. The van der Waals surface area contributed by atoms with Crippen LogP contribution in [0.2, 0.25) is 15.1 Å². The normalized spacial score (nSPS) is 12.6. The molecule has 0 aliphatic heterocycles. The largest absolute Gasteiger partial charge is 0.417 e. The first-order chi connectivity index (χ1) is 20.0. The van der Waals surface area contributed by atoms with Crippen molar-refractivity contribution >= 4 is 62.3 Å². The summed E-state index contributed by atoms with van der Waals surface area (Å²) in [6.45, 7) is 2.39. The summed E-state index contributed by atoms with van der Waals surface area (Å²) >= 11 is 18.0. The molecule has 0 heterocycles. The Balaban J connectivity index is 2.12. The number of carbonyl (C=O) groups is 2. The molecule has 0 spiro atoms. The third-order valence-electron chi connectivity index (χ3n) is 6.26. The Morgan fingerprint density at radius 3 is 2.07 bits per heavy atom. The highest BCUT2D eigenvalue weighted by molar-refractivity contribution is 7.92. The zero-order chi connectivity index (χ0) is 32.1. The number of benzene rings is 3. The van der Waals surface area contributed by atoms with E-state index in [4.69, 9.17) is 34.8 Å². The molecule has 0 bridgehead atoms. The van der Waals surface area contributed by atoms with Crippen molar-refractivity contribution in [1.82, 2.24) is 10.2 Å². The number of carbonyl (C=O) groups excluding carboxylic acids is 2. The van der Waals surface area contributed by atoms with Gasteiger partial charge in [-0.2, -0.15) is 13.2 Å². The number of alkyl halides is 3. The lowest BCUT2D eigenvalue weighted by Gasteiger charge is -2.34. The van der Waals surface area contributed by atoms with Crippen molar-refractivity contribution in [3.05, 3.63) is 98.5 Å². The minimum absolute atomic E-state index is 0.0600. The van der Waals surface area contributed by atoms with Crippen LogP contribution in [0, 0.1) is 0 Å². The highest BCUT2D eigenvalue weighted by Crippen LogP contribution is 2.37. The molecule has 0 radical (unpaired) electrons. The molecule has 3 aromatic rings. The summed E-state index contributed by atoms with van der Waals surface area (Å²) in [6.07, 6.45) is -4.06. The first-order valence-electron chi connectivity index (χ1n) is 12.9. The van der Waals surface area contributed by atoms with E-state index in [1.807, 2.05) is 0 Å². The van der Waals surface area contributed by atoms with Crippen molar-refractivity contribution < 1.29 is 31.2 Å². The van der Waals surface area contributed by atoms with E-state index in [0.29, 0.717) is 21.5 Å². The van der Waals surface area contributed by atoms with Crippen LogP contribution >= 0.6 is 34.8 Å². The number of rotatable bonds is 11. The van der Waals surface area contributed by atoms with Gasteiger partial charge in [0, 0.05) is 19.0 Å². The first-order valence-corrected chi connectivity index (χ1v) is 15.9. The lowest BCUT2D eigenvalue weighted by atomic mass is 10.0. The van der Waals surface area contributed by atoms with E-state index in [1.54, 1.807) is 50.2 Å². The van der Waals surface area contributed by atoms with E-state index >= 15 is 0 Å². The van der Waals surface area contributed by atoms with Crippen molar-refractivity contribution in [1.29, 1.82) is 0 Å². The summed E-state index contributed by atoms with van der Waals surface area (Å²) in [5.41, 5.74) is -0.493. The van der Waals surface area contributed by atoms with Gasteiger partial charge in [-0.05, 0) is 55.3 Å². The van der Waals surface area contributed by atoms with E-state index in [0.717, 1.165) is 18.4 Å². The Hall–Kier alpha value is -2.99. The number of halogens is 6. The average Bonchev–Trinajstić information content (AvgIpc) is 2.90. The molecule has 1 atom stereocenters. The van der Waals surface area contributed by atoms with Crippen molar-refractivity contribution in [2.75, 3.05) is 17.1 Å². The number of anilines is 1. The maximum atomic E-state index is 14.0. The molecule has 0 saturated heterocycles. The standard InChI is InChI=1S/C29H29Cl3F3N3O4S/c1-18(2)36-28(40)26(14-19-7-5-4-6-8-19)37(16-20-9-11-24(31)25(32)13-20)27(39)17-38(43(3,41)42)21-10-12-23(30)22(15-21)29(33,34)35/h4-13,15,18,26H,14,16-17H2,1-3H3,(H,36,40). The molecule has 1 N–H and O–H groups in total. The summed E-state index contributed by atoms with van der Waals surface area (Å²) in [5.74, 6) is -1.36. The Labute approximate surface area is 263 Å². The number of nitrogens with zero attached hydrogens (tertiary/aromatic N) is 2. The van der Waals surface area contributed by atoms with Crippen LogP contribution in [0.3, 0.4) is 0 Å². The second kappa shape index (κ2) is 14.2. The highest BCUT2D eigenvalue weighted by Gasteiger charge is 2.36. The van der Waals surface area contributed by atoms with E-state index in [-0.39, 0.29) is 29.1 Å². The van der Waals surface area contributed by atoms with Crippen molar-refractivity contribution in [3.63, 3.8) is 0 Å². The van der Waals surface area contributed by atoms with Gasteiger partial charge in [-0.25, -0.2) is 8.42 Å². The molecule has 14 heteroatoms. The quantitative estimate of drug-likeness (QED) is 0.248. The zero-order valence-electron chi connectivity index (χ0n) is 23.3. The van der Waals surface area contributed by atoms with E-state index < -0.39 is 56.9 Å². The van der Waals surface area contributed by atoms with Gasteiger partial charge >= 0.3 is 6.18 Å². The first kappa shape index (κ1) is 34.5. The van der Waals surface area contributed by atoms with E-state index in [9.17, 15) is 31.2 Å². The van der Waals surface area contributed by atoms with Gasteiger partial charge in [0.15, 0.2) is 0 Å². The predicted octanol–water partition coefficient (Wildman–Crippen LogP) is 6.60. The third-order valence-corrected chi connectivity index (χ3v) is 8.47. The summed E-state index contributed by atoms with van der Waals surface area (Å²) in [7, 11) is -4.29.